The molecule has 0 spiro atoms. The van der Waals surface area contributed by atoms with Crippen molar-refractivity contribution in [2.75, 3.05) is 0 Å². The predicted octanol–water partition coefficient (Wildman–Crippen LogP) is 0.340. The largest absolute Gasteiger partial charge is 0.444 e. The van der Waals surface area contributed by atoms with E-state index in [1.54, 1.807) is 20.0 Å². The van der Waals surface area contributed by atoms with E-state index in [4.69, 9.17) is 4.42 Å². The second-order valence-electron chi connectivity index (χ2n) is 3.29. The maximum Gasteiger partial charge on any atom is 0.291 e. The highest BCUT2D eigenvalue weighted by atomic mass is 16.4. The van der Waals surface area contributed by atoms with Crippen molar-refractivity contribution in [2.24, 2.45) is 0 Å². The van der Waals surface area contributed by atoms with Gasteiger partial charge in [-0.2, -0.15) is 0 Å². The molecule has 1 amide bonds. The summed E-state index contributed by atoms with van der Waals surface area (Å²) in [4.78, 5) is 19.4. The molecule has 7 nitrogen and oxygen atoms in total. The van der Waals surface area contributed by atoms with Crippen LogP contribution in [0.2, 0.25) is 0 Å². The lowest BCUT2D eigenvalue weighted by Crippen LogP contribution is -2.24. The number of nitrogens with zero attached hydrogens (tertiary/aromatic N) is 3. The van der Waals surface area contributed by atoms with Crippen molar-refractivity contribution in [2.45, 2.75) is 20.4 Å². The first-order valence-corrected chi connectivity index (χ1v) is 4.73. The summed E-state index contributed by atoms with van der Waals surface area (Å²) in [6, 6.07) is 0. The Labute approximate surface area is 91.3 Å². The van der Waals surface area contributed by atoms with Gasteiger partial charge in [0.2, 0.25) is 11.7 Å². The molecule has 2 rings (SSSR count). The fourth-order valence-electron chi connectivity index (χ4n) is 1.16. The molecular formula is C9H11N5O2. The van der Waals surface area contributed by atoms with Crippen LogP contribution in [0.15, 0.2) is 10.6 Å². The summed E-state index contributed by atoms with van der Waals surface area (Å²) in [5, 5.41) is 8.93. The van der Waals surface area contributed by atoms with E-state index in [0.29, 0.717) is 17.5 Å². The van der Waals surface area contributed by atoms with Crippen molar-refractivity contribution >= 4 is 5.91 Å². The monoisotopic (exact) mass is 221 g/mol. The molecule has 0 unspecified atom stereocenters. The summed E-state index contributed by atoms with van der Waals surface area (Å²) in [5.74, 6) is 1.51. The molecule has 0 aliphatic rings. The number of carbonyl (C=O) groups excluding carboxylic acids is 1. The predicted molar refractivity (Wildman–Crippen MR) is 53.5 cm³/mol. The maximum atomic E-state index is 11.5. The van der Waals surface area contributed by atoms with Gasteiger partial charge in [0.1, 0.15) is 11.6 Å². The van der Waals surface area contributed by atoms with E-state index in [2.05, 4.69) is 25.5 Å². The van der Waals surface area contributed by atoms with Crippen molar-refractivity contribution in [3.63, 3.8) is 0 Å². The van der Waals surface area contributed by atoms with Crippen LogP contribution in [0, 0.1) is 13.8 Å². The number of aromatic amines is 1. The summed E-state index contributed by atoms with van der Waals surface area (Å²) in [6.07, 6.45) is 1.60. The van der Waals surface area contributed by atoms with Gasteiger partial charge in [0.05, 0.1) is 12.7 Å². The van der Waals surface area contributed by atoms with Crippen LogP contribution in [0.4, 0.5) is 0 Å². The van der Waals surface area contributed by atoms with Crippen molar-refractivity contribution in [1.29, 1.82) is 0 Å². The van der Waals surface area contributed by atoms with Crippen molar-refractivity contribution in [3.8, 4) is 0 Å². The molecule has 0 atom stereocenters. The molecule has 2 aromatic heterocycles. The van der Waals surface area contributed by atoms with Crippen molar-refractivity contribution in [3.05, 3.63) is 29.5 Å². The molecular weight excluding hydrogens is 210 g/mol. The smallest absolute Gasteiger partial charge is 0.291 e. The molecule has 84 valence electrons. The Kier molecular flexibility index (Phi) is 2.67. The molecule has 2 N–H and O–H groups in total. The maximum absolute atomic E-state index is 11.5. The van der Waals surface area contributed by atoms with E-state index in [0.717, 1.165) is 0 Å². The van der Waals surface area contributed by atoms with Gasteiger partial charge < -0.3 is 9.73 Å². The third-order valence-corrected chi connectivity index (χ3v) is 1.87. The van der Waals surface area contributed by atoms with Crippen molar-refractivity contribution in [1.82, 2.24) is 25.5 Å². The molecule has 0 aromatic carbocycles. The van der Waals surface area contributed by atoms with Crippen LogP contribution in [0.1, 0.15) is 28.1 Å². The molecule has 16 heavy (non-hydrogen) atoms. The number of hydrogen-bond acceptors (Lipinski definition) is 5. The molecule has 2 aromatic rings. The number of aromatic nitrogens is 4. The van der Waals surface area contributed by atoms with Gasteiger partial charge in [-0.25, -0.2) is 9.97 Å². The third-order valence-electron chi connectivity index (χ3n) is 1.87. The Morgan fingerprint density at radius 3 is 2.94 bits per heavy atom. The van der Waals surface area contributed by atoms with Gasteiger partial charge in [-0.1, -0.05) is 0 Å². The topological polar surface area (TPSA) is 96.7 Å². The average Bonchev–Trinajstić information content (AvgIpc) is 2.84. The SMILES string of the molecule is Cc1nc(C(=O)NCc2ncc(C)o2)n[nH]1. The van der Waals surface area contributed by atoms with Crippen LogP contribution in [0.25, 0.3) is 0 Å². The van der Waals surface area contributed by atoms with E-state index in [9.17, 15) is 4.79 Å². The van der Waals surface area contributed by atoms with Gasteiger partial charge in [0.25, 0.3) is 5.91 Å². The second kappa shape index (κ2) is 4.13. The minimum atomic E-state index is -0.361. The number of nitrogens with one attached hydrogen (secondary N) is 2. The number of hydrogen-bond donors (Lipinski definition) is 2. The van der Waals surface area contributed by atoms with E-state index in [1.165, 1.54) is 0 Å². The first kappa shape index (κ1) is 10.3. The Morgan fingerprint density at radius 1 is 1.56 bits per heavy atom. The molecule has 0 aliphatic carbocycles. The van der Waals surface area contributed by atoms with Crippen LogP contribution in [0.3, 0.4) is 0 Å². The lowest BCUT2D eigenvalue weighted by atomic mass is 10.5. The normalized spacial score (nSPS) is 10.4. The van der Waals surface area contributed by atoms with Gasteiger partial charge in [0, 0.05) is 0 Å². The molecule has 7 heteroatoms. The molecule has 0 radical (unpaired) electrons. The first-order chi connectivity index (χ1) is 7.65. The molecule has 2 heterocycles. The highest BCUT2D eigenvalue weighted by Gasteiger charge is 2.11. The fraction of sp³-hybridized carbons (Fsp3) is 0.333. The van der Waals surface area contributed by atoms with Crippen LogP contribution in [-0.2, 0) is 6.54 Å². The van der Waals surface area contributed by atoms with Gasteiger partial charge in [-0.15, -0.1) is 5.10 Å². The summed E-state index contributed by atoms with van der Waals surface area (Å²) in [7, 11) is 0. The number of rotatable bonds is 3. The van der Waals surface area contributed by atoms with Crippen LogP contribution >= 0.6 is 0 Å². The zero-order valence-electron chi connectivity index (χ0n) is 8.94. The zero-order chi connectivity index (χ0) is 11.5. The van der Waals surface area contributed by atoms with Gasteiger partial charge in [0.15, 0.2) is 0 Å². The van der Waals surface area contributed by atoms with E-state index in [1.807, 2.05) is 0 Å². The lowest BCUT2D eigenvalue weighted by Gasteiger charge is -1.97. The Balaban J connectivity index is 1.93. The number of amides is 1. The standard InChI is InChI=1S/C9H11N5O2/c1-5-3-10-7(16-5)4-11-9(15)8-12-6(2)13-14-8/h3H,4H2,1-2H3,(H,11,15)(H,12,13,14). The molecule has 0 saturated heterocycles. The Morgan fingerprint density at radius 2 is 2.38 bits per heavy atom. The quantitative estimate of drug-likeness (QED) is 0.778. The van der Waals surface area contributed by atoms with Crippen LogP contribution < -0.4 is 5.32 Å². The zero-order valence-corrected chi connectivity index (χ0v) is 8.94. The van der Waals surface area contributed by atoms with Crippen molar-refractivity contribution < 1.29 is 9.21 Å². The Bertz CT molecular complexity index is 501. The molecule has 0 saturated carbocycles. The highest BCUT2D eigenvalue weighted by molar-refractivity contribution is 5.90. The summed E-state index contributed by atoms with van der Waals surface area (Å²) in [5.41, 5.74) is 0. The summed E-state index contributed by atoms with van der Waals surface area (Å²) < 4.78 is 5.20. The van der Waals surface area contributed by atoms with E-state index < -0.39 is 0 Å². The first-order valence-electron chi connectivity index (χ1n) is 4.73. The fourth-order valence-corrected chi connectivity index (χ4v) is 1.16. The van der Waals surface area contributed by atoms with Crippen LogP contribution in [0.5, 0.6) is 0 Å². The average molecular weight is 221 g/mol. The number of aryl methyl sites for hydroxylation is 2. The second-order valence-corrected chi connectivity index (χ2v) is 3.29. The van der Waals surface area contributed by atoms with Gasteiger partial charge in [-0.3, -0.25) is 9.89 Å². The highest BCUT2D eigenvalue weighted by Crippen LogP contribution is 2.01. The minimum Gasteiger partial charge on any atom is -0.444 e. The number of H-pyrrole nitrogens is 1. The summed E-state index contributed by atoms with van der Waals surface area (Å²) >= 11 is 0. The number of carbonyl (C=O) groups is 1. The van der Waals surface area contributed by atoms with E-state index in [-0.39, 0.29) is 18.3 Å². The van der Waals surface area contributed by atoms with E-state index >= 15 is 0 Å². The van der Waals surface area contributed by atoms with Gasteiger partial charge >= 0.3 is 0 Å². The lowest BCUT2D eigenvalue weighted by molar-refractivity contribution is 0.0937. The van der Waals surface area contributed by atoms with Gasteiger partial charge in [-0.05, 0) is 13.8 Å². The Hall–Kier alpha value is -2.18. The third kappa shape index (κ3) is 2.25. The van der Waals surface area contributed by atoms with Crippen LogP contribution in [-0.4, -0.2) is 26.1 Å². The molecule has 0 aliphatic heterocycles. The molecule has 0 fully saturated rings. The summed E-state index contributed by atoms with van der Waals surface area (Å²) in [6.45, 7) is 3.73. The molecule has 0 bridgehead atoms. The minimum absolute atomic E-state index is 0.112. The number of oxazole rings is 1.